The number of hydrogen-bond acceptors (Lipinski definition) is 2. The fourth-order valence-electron chi connectivity index (χ4n) is 1.13. The largest absolute Gasteiger partial charge is 0.425 e. The molecule has 1 aromatic rings. The third-order valence-electron chi connectivity index (χ3n) is 1.81. The lowest BCUT2D eigenvalue weighted by molar-refractivity contribution is -0.132. The molecule has 1 aromatic carbocycles. The van der Waals surface area contributed by atoms with Gasteiger partial charge < -0.3 is 4.74 Å². The van der Waals surface area contributed by atoms with E-state index in [1.165, 1.54) is 0 Å². The van der Waals surface area contributed by atoms with Crippen molar-refractivity contribution in [2.45, 2.75) is 18.7 Å². The molecule has 0 spiro atoms. The molecule has 0 bridgehead atoms. The number of carbonyl (C=O) groups excluding carboxylic acids is 1. The highest BCUT2D eigenvalue weighted by atomic mass is 35.5. The molecule has 1 rings (SSSR count). The van der Waals surface area contributed by atoms with Gasteiger partial charge in [0.1, 0.15) is 5.75 Å². The highest BCUT2D eigenvalue weighted by Crippen LogP contribution is 2.26. The van der Waals surface area contributed by atoms with Crippen LogP contribution in [0.25, 0.3) is 0 Å². The Morgan fingerprint density at radius 1 is 1.27 bits per heavy atom. The van der Waals surface area contributed by atoms with E-state index in [4.69, 9.17) is 39.5 Å². The molecule has 5 heteroatoms. The van der Waals surface area contributed by atoms with E-state index in [9.17, 15) is 4.79 Å². The molecule has 0 atom stereocenters. The molecule has 0 unspecified atom stereocenters. The predicted octanol–water partition coefficient (Wildman–Crippen LogP) is 3.67. The summed E-state index contributed by atoms with van der Waals surface area (Å²) in [7, 11) is 0. The van der Waals surface area contributed by atoms with Crippen LogP contribution in [-0.4, -0.2) is 10.8 Å². The molecule has 0 amide bonds. The van der Waals surface area contributed by atoms with Gasteiger partial charge in [-0.25, -0.2) is 4.79 Å². The zero-order valence-corrected chi connectivity index (χ0v) is 10.5. The van der Waals surface area contributed by atoms with Crippen molar-refractivity contribution in [3.8, 4) is 5.75 Å². The van der Waals surface area contributed by atoms with Gasteiger partial charge in [0.25, 0.3) is 0 Å². The van der Waals surface area contributed by atoms with E-state index in [1.54, 1.807) is 12.1 Å². The van der Waals surface area contributed by atoms with E-state index in [0.29, 0.717) is 10.8 Å². The van der Waals surface area contributed by atoms with Gasteiger partial charge in [0, 0.05) is 5.02 Å². The quantitative estimate of drug-likeness (QED) is 0.464. The summed E-state index contributed by atoms with van der Waals surface area (Å²) in [4.78, 5) is 9.92. The van der Waals surface area contributed by atoms with Crippen molar-refractivity contribution in [1.82, 2.24) is 0 Å². The Bertz CT molecular complexity index is 365. The fourth-order valence-corrected chi connectivity index (χ4v) is 1.32. The molecule has 0 saturated carbocycles. The molecule has 15 heavy (non-hydrogen) atoms. The van der Waals surface area contributed by atoms with Gasteiger partial charge >= 0.3 is 5.97 Å². The van der Waals surface area contributed by atoms with Crippen molar-refractivity contribution < 1.29 is 9.53 Å². The number of halogens is 3. The number of hydrogen-bond donors (Lipinski definition) is 0. The zero-order chi connectivity index (χ0) is 11.6. The number of rotatable bonds is 2. The van der Waals surface area contributed by atoms with E-state index in [0.717, 1.165) is 11.1 Å². The minimum absolute atomic E-state index is 0.394. The third kappa shape index (κ3) is 3.26. The summed E-state index contributed by atoms with van der Waals surface area (Å²) < 4.78 is 4.93. The predicted molar refractivity (Wildman–Crippen MR) is 62.1 cm³/mol. The molecule has 0 heterocycles. The summed E-state index contributed by atoms with van der Waals surface area (Å²) in [6.45, 7) is 3.65. The first-order valence-electron chi connectivity index (χ1n) is 4.18. The summed E-state index contributed by atoms with van der Waals surface area (Å²) in [6.07, 6.45) is 0. The van der Waals surface area contributed by atoms with Crippen LogP contribution in [0.2, 0.25) is 5.02 Å². The molecule has 0 aliphatic heterocycles. The standard InChI is InChI=1S/C10H9Cl3O2/c1-5-3-7(4-6(2)8(5)11)15-10(14)9(12)13/h3-4,9H,1-2H3. The van der Waals surface area contributed by atoms with Crippen molar-refractivity contribution >= 4 is 40.8 Å². The van der Waals surface area contributed by atoms with Gasteiger partial charge in [-0.15, -0.1) is 0 Å². The lowest BCUT2D eigenvalue weighted by Crippen LogP contribution is -2.15. The van der Waals surface area contributed by atoms with Crippen LogP contribution >= 0.6 is 34.8 Å². The third-order valence-corrected chi connectivity index (χ3v) is 2.76. The summed E-state index contributed by atoms with van der Waals surface area (Å²) in [5, 5.41) is 0.656. The van der Waals surface area contributed by atoms with E-state index < -0.39 is 10.8 Å². The first kappa shape index (κ1) is 12.6. The van der Waals surface area contributed by atoms with Crippen molar-refractivity contribution in [3.63, 3.8) is 0 Å². The van der Waals surface area contributed by atoms with Crippen LogP contribution in [0.1, 0.15) is 11.1 Å². The maximum atomic E-state index is 11.1. The maximum Gasteiger partial charge on any atom is 0.344 e. The topological polar surface area (TPSA) is 26.3 Å². The van der Waals surface area contributed by atoms with Gasteiger partial charge in [0.2, 0.25) is 4.84 Å². The minimum Gasteiger partial charge on any atom is -0.425 e. The smallest absolute Gasteiger partial charge is 0.344 e. The highest BCUT2D eigenvalue weighted by molar-refractivity contribution is 6.53. The first-order valence-corrected chi connectivity index (χ1v) is 5.43. The molecule has 0 aliphatic carbocycles. The molecule has 0 saturated heterocycles. The number of benzene rings is 1. The number of esters is 1. The van der Waals surface area contributed by atoms with Crippen LogP contribution in [0.3, 0.4) is 0 Å². The Labute approximate surface area is 103 Å². The van der Waals surface area contributed by atoms with E-state index >= 15 is 0 Å². The molecular formula is C10H9Cl3O2. The van der Waals surface area contributed by atoms with Gasteiger partial charge in [0.15, 0.2) is 0 Å². The summed E-state index contributed by atoms with van der Waals surface area (Å²) in [6, 6.07) is 3.31. The Balaban J connectivity index is 2.93. The van der Waals surface area contributed by atoms with Gasteiger partial charge in [0.05, 0.1) is 0 Å². The molecule has 0 radical (unpaired) electrons. The van der Waals surface area contributed by atoms with E-state index in [1.807, 2.05) is 13.8 Å². The Morgan fingerprint density at radius 2 is 1.73 bits per heavy atom. The SMILES string of the molecule is Cc1cc(OC(=O)C(Cl)Cl)cc(C)c1Cl. The normalized spacial score (nSPS) is 10.5. The lowest BCUT2D eigenvalue weighted by Gasteiger charge is -2.08. The summed E-state index contributed by atoms with van der Waals surface area (Å²) >= 11 is 16.7. The molecule has 0 aliphatic rings. The second-order valence-electron chi connectivity index (χ2n) is 3.09. The zero-order valence-electron chi connectivity index (χ0n) is 8.18. The van der Waals surface area contributed by atoms with Crippen LogP contribution in [0.4, 0.5) is 0 Å². The maximum absolute atomic E-state index is 11.1. The second kappa shape index (κ2) is 5.06. The van der Waals surface area contributed by atoms with Crippen molar-refractivity contribution in [2.75, 3.05) is 0 Å². The van der Waals surface area contributed by atoms with Crippen molar-refractivity contribution in [3.05, 3.63) is 28.3 Å². The molecular weight excluding hydrogens is 258 g/mol. The number of ether oxygens (including phenoxy) is 1. The van der Waals surface area contributed by atoms with Gasteiger partial charge in [-0.05, 0) is 37.1 Å². The van der Waals surface area contributed by atoms with Crippen LogP contribution in [0.5, 0.6) is 5.75 Å². The number of aryl methyl sites for hydroxylation is 2. The van der Waals surface area contributed by atoms with Crippen LogP contribution in [0, 0.1) is 13.8 Å². The number of alkyl halides is 2. The van der Waals surface area contributed by atoms with Gasteiger partial charge in [-0.2, -0.15) is 0 Å². The van der Waals surface area contributed by atoms with E-state index in [-0.39, 0.29) is 0 Å². The molecule has 82 valence electrons. The average molecular weight is 268 g/mol. The Morgan fingerprint density at radius 3 is 2.13 bits per heavy atom. The average Bonchev–Trinajstić information content (AvgIpc) is 2.13. The van der Waals surface area contributed by atoms with Crippen LogP contribution < -0.4 is 4.74 Å². The molecule has 0 fully saturated rings. The fraction of sp³-hybridized carbons (Fsp3) is 0.300. The first-order chi connectivity index (χ1) is 6.91. The Hall–Kier alpha value is -0.440. The Kier molecular flexibility index (Phi) is 4.26. The van der Waals surface area contributed by atoms with Crippen molar-refractivity contribution in [1.29, 1.82) is 0 Å². The minimum atomic E-state index is -1.18. The highest BCUT2D eigenvalue weighted by Gasteiger charge is 2.15. The number of carbonyl (C=O) groups is 1. The monoisotopic (exact) mass is 266 g/mol. The van der Waals surface area contributed by atoms with Crippen molar-refractivity contribution in [2.24, 2.45) is 0 Å². The van der Waals surface area contributed by atoms with Crippen LogP contribution in [-0.2, 0) is 4.79 Å². The molecule has 0 aromatic heterocycles. The van der Waals surface area contributed by atoms with Gasteiger partial charge in [-0.1, -0.05) is 34.8 Å². The van der Waals surface area contributed by atoms with Gasteiger partial charge in [-0.3, -0.25) is 0 Å². The van der Waals surface area contributed by atoms with E-state index in [2.05, 4.69) is 0 Å². The second-order valence-corrected chi connectivity index (χ2v) is 4.57. The summed E-state index contributed by atoms with van der Waals surface area (Å²) in [5.74, 6) is -0.301. The molecule has 0 N–H and O–H groups in total. The van der Waals surface area contributed by atoms with Crippen LogP contribution in [0.15, 0.2) is 12.1 Å². The molecule has 2 nitrogen and oxygen atoms in total. The lowest BCUT2D eigenvalue weighted by atomic mass is 10.1. The summed E-state index contributed by atoms with van der Waals surface area (Å²) in [5.41, 5.74) is 1.67.